The summed E-state index contributed by atoms with van der Waals surface area (Å²) in [5.41, 5.74) is 3.57. The van der Waals surface area contributed by atoms with Crippen molar-refractivity contribution in [3.05, 3.63) is 59.2 Å². The van der Waals surface area contributed by atoms with Gasteiger partial charge in [0.15, 0.2) is 0 Å². The third kappa shape index (κ3) is 8.14. The van der Waals surface area contributed by atoms with Gasteiger partial charge in [-0.25, -0.2) is 4.79 Å². The van der Waals surface area contributed by atoms with Crippen molar-refractivity contribution in [3.63, 3.8) is 0 Å². The fourth-order valence-corrected chi connectivity index (χ4v) is 4.34. The van der Waals surface area contributed by atoms with Crippen LogP contribution in [-0.2, 0) is 9.47 Å². The van der Waals surface area contributed by atoms with Crippen LogP contribution in [0.4, 0.5) is 14.5 Å². The summed E-state index contributed by atoms with van der Waals surface area (Å²) in [6, 6.07) is 13.8. The number of piperazine rings is 1. The quantitative estimate of drug-likeness (QED) is 0.405. The standard InChI is InChI=1S/C17H24F2N2O2.C12H16O2/c1-12(2)13-3-4-15(16(9-13)23-17(18)19)21-7-5-20(6-8-21)14-10-22-11-14;1-4-14-12(13)11-7-5-6-10(8-11)9(2)3/h3-4,9,12,14,17H,5-8,10-11H2,1-2H3;5-9H,4H2,1-3H3. The van der Waals surface area contributed by atoms with Gasteiger partial charge >= 0.3 is 12.6 Å². The van der Waals surface area contributed by atoms with Crippen molar-refractivity contribution >= 4 is 11.7 Å². The van der Waals surface area contributed by atoms with E-state index in [2.05, 4.69) is 23.6 Å². The van der Waals surface area contributed by atoms with Gasteiger partial charge in [-0.2, -0.15) is 8.78 Å². The van der Waals surface area contributed by atoms with Gasteiger partial charge in [0.05, 0.1) is 37.1 Å². The Morgan fingerprint density at radius 2 is 1.62 bits per heavy atom. The second-order valence-electron chi connectivity index (χ2n) is 9.98. The van der Waals surface area contributed by atoms with Gasteiger partial charge in [0.2, 0.25) is 0 Å². The predicted octanol–water partition coefficient (Wildman–Crippen LogP) is 5.92. The van der Waals surface area contributed by atoms with Gasteiger partial charge < -0.3 is 19.1 Å². The average molecular weight is 519 g/mol. The molecule has 0 N–H and O–H groups in total. The second kappa shape index (κ2) is 13.7. The van der Waals surface area contributed by atoms with E-state index in [-0.39, 0.29) is 17.6 Å². The van der Waals surface area contributed by atoms with Gasteiger partial charge in [-0.3, -0.25) is 4.90 Å². The Bertz CT molecular complexity index is 1000. The number of benzene rings is 2. The maximum Gasteiger partial charge on any atom is 0.387 e. The smallest absolute Gasteiger partial charge is 0.387 e. The van der Waals surface area contributed by atoms with Gasteiger partial charge in [-0.05, 0) is 54.2 Å². The van der Waals surface area contributed by atoms with Crippen molar-refractivity contribution in [2.45, 2.75) is 59.1 Å². The highest BCUT2D eigenvalue weighted by Gasteiger charge is 2.30. The normalized spacial score (nSPS) is 16.4. The SMILES string of the molecule is CC(C)c1ccc(N2CCN(C3COC3)CC2)c(OC(F)F)c1.CCOC(=O)c1cccc(C(C)C)c1. The molecule has 0 atom stereocenters. The number of halogens is 2. The van der Waals surface area contributed by atoms with Crippen LogP contribution in [0.15, 0.2) is 42.5 Å². The number of ether oxygens (including phenoxy) is 3. The van der Waals surface area contributed by atoms with E-state index in [9.17, 15) is 13.6 Å². The molecule has 0 radical (unpaired) electrons. The van der Waals surface area contributed by atoms with Gasteiger partial charge in [0, 0.05) is 26.2 Å². The first-order chi connectivity index (χ1) is 17.7. The highest BCUT2D eigenvalue weighted by molar-refractivity contribution is 5.89. The number of hydrogen-bond donors (Lipinski definition) is 0. The zero-order valence-electron chi connectivity index (χ0n) is 22.6. The van der Waals surface area contributed by atoms with Crippen LogP contribution in [0, 0.1) is 0 Å². The molecule has 4 rings (SSSR count). The molecule has 2 saturated heterocycles. The van der Waals surface area contributed by atoms with Crippen molar-refractivity contribution in [2.75, 3.05) is 50.9 Å². The molecule has 0 amide bonds. The molecule has 0 bridgehead atoms. The van der Waals surface area contributed by atoms with E-state index < -0.39 is 6.61 Å². The molecular weight excluding hydrogens is 478 g/mol. The third-order valence-electron chi connectivity index (χ3n) is 6.72. The first-order valence-electron chi connectivity index (χ1n) is 13.1. The molecule has 0 aliphatic carbocycles. The van der Waals surface area contributed by atoms with Crippen molar-refractivity contribution < 1.29 is 27.8 Å². The molecule has 2 fully saturated rings. The van der Waals surface area contributed by atoms with Crippen LogP contribution in [0.2, 0.25) is 0 Å². The first-order valence-corrected chi connectivity index (χ1v) is 13.1. The minimum Gasteiger partial charge on any atom is -0.462 e. The van der Waals surface area contributed by atoms with Gasteiger partial charge in [0.1, 0.15) is 5.75 Å². The molecule has 2 aromatic carbocycles. The van der Waals surface area contributed by atoms with Crippen LogP contribution in [0.1, 0.15) is 67.9 Å². The lowest BCUT2D eigenvalue weighted by atomic mass is 10.0. The molecule has 2 aromatic rings. The van der Waals surface area contributed by atoms with E-state index in [0.29, 0.717) is 24.1 Å². The summed E-state index contributed by atoms with van der Waals surface area (Å²) in [6.45, 7) is 12.8. The predicted molar refractivity (Wildman–Crippen MR) is 142 cm³/mol. The summed E-state index contributed by atoms with van der Waals surface area (Å²) in [5.74, 6) is 0.755. The van der Waals surface area contributed by atoms with E-state index >= 15 is 0 Å². The van der Waals surface area contributed by atoms with Crippen molar-refractivity contribution in [3.8, 4) is 5.75 Å². The number of nitrogens with zero attached hydrogens (tertiary/aromatic N) is 2. The molecule has 0 saturated carbocycles. The highest BCUT2D eigenvalue weighted by Crippen LogP contribution is 2.34. The minimum atomic E-state index is -2.80. The van der Waals surface area contributed by atoms with Gasteiger partial charge in [0.25, 0.3) is 0 Å². The molecule has 204 valence electrons. The summed E-state index contributed by atoms with van der Waals surface area (Å²) >= 11 is 0. The van der Waals surface area contributed by atoms with E-state index in [1.54, 1.807) is 12.1 Å². The largest absolute Gasteiger partial charge is 0.462 e. The molecule has 6 nitrogen and oxygen atoms in total. The Balaban J connectivity index is 0.000000233. The van der Waals surface area contributed by atoms with Crippen LogP contribution in [0.3, 0.4) is 0 Å². The Labute approximate surface area is 219 Å². The molecule has 0 aromatic heterocycles. The van der Waals surface area contributed by atoms with Crippen LogP contribution in [-0.4, -0.2) is 69.5 Å². The Morgan fingerprint density at radius 1 is 0.973 bits per heavy atom. The van der Waals surface area contributed by atoms with Crippen LogP contribution >= 0.6 is 0 Å². The summed E-state index contributed by atoms with van der Waals surface area (Å²) in [4.78, 5) is 15.9. The van der Waals surface area contributed by atoms with Crippen molar-refractivity contribution in [1.29, 1.82) is 0 Å². The number of rotatable bonds is 8. The Kier molecular flexibility index (Phi) is 10.7. The van der Waals surface area contributed by atoms with E-state index in [1.807, 2.05) is 51.1 Å². The number of esters is 1. The number of alkyl halides is 2. The Hall–Kier alpha value is -2.71. The highest BCUT2D eigenvalue weighted by atomic mass is 19.3. The fourth-order valence-electron chi connectivity index (χ4n) is 4.34. The lowest BCUT2D eigenvalue weighted by molar-refractivity contribution is -0.0663. The molecular formula is C29H40F2N2O4. The molecule has 2 aliphatic heterocycles. The van der Waals surface area contributed by atoms with Crippen LogP contribution in [0.25, 0.3) is 0 Å². The molecule has 0 spiro atoms. The first kappa shape index (κ1) is 28.9. The van der Waals surface area contributed by atoms with E-state index in [4.69, 9.17) is 14.2 Å². The molecule has 37 heavy (non-hydrogen) atoms. The van der Waals surface area contributed by atoms with E-state index in [1.165, 1.54) is 0 Å². The number of anilines is 1. The summed E-state index contributed by atoms with van der Waals surface area (Å²) in [5, 5.41) is 0. The number of carbonyl (C=O) groups excluding carboxylic acids is 1. The minimum absolute atomic E-state index is 0.241. The lowest BCUT2D eigenvalue weighted by Crippen LogP contribution is -2.56. The van der Waals surface area contributed by atoms with Gasteiger partial charge in [-0.1, -0.05) is 45.9 Å². The van der Waals surface area contributed by atoms with Crippen molar-refractivity contribution in [1.82, 2.24) is 4.90 Å². The van der Waals surface area contributed by atoms with E-state index in [0.717, 1.165) is 56.2 Å². The maximum absolute atomic E-state index is 12.8. The summed E-state index contributed by atoms with van der Waals surface area (Å²) in [6.07, 6.45) is 0. The van der Waals surface area contributed by atoms with Gasteiger partial charge in [-0.15, -0.1) is 0 Å². The average Bonchev–Trinajstić information content (AvgIpc) is 2.84. The summed E-state index contributed by atoms with van der Waals surface area (Å²) in [7, 11) is 0. The zero-order chi connectivity index (χ0) is 26.9. The number of hydrogen-bond acceptors (Lipinski definition) is 6. The zero-order valence-corrected chi connectivity index (χ0v) is 22.6. The molecule has 2 aliphatic rings. The summed E-state index contributed by atoms with van der Waals surface area (Å²) < 4.78 is 40.5. The molecule has 0 unspecified atom stereocenters. The lowest BCUT2D eigenvalue weighted by Gasteiger charge is -2.43. The Morgan fingerprint density at radius 3 is 2.16 bits per heavy atom. The molecule has 2 heterocycles. The second-order valence-corrected chi connectivity index (χ2v) is 9.98. The van der Waals surface area contributed by atoms with Crippen LogP contribution < -0.4 is 9.64 Å². The maximum atomic E-state index is 12.8. The fraction of sp³-hybridized carbons (Fsp3) is 0.552. The topological polar surface area (TPSA) is 51.2 Å². The molecule has 8 heteroatoms. The number of carbonyl (C=O) groups is 1. The monoisotopic (exact) mass is 518 g/mol. The third-order valence-corrected chi connectivity index (χ3v) is 6.72. The van der Waals surface area contributed by atoms with Crippen molar-refractivity contribution in [2.24, 2.45) is 0 Å². The van der Waals surface area contributed by atoms with Crippen LogP contribution in [0.5, 0.6) is 5.75 Å².